The highest BCUT2D eigenvalue weighted by Gasteiger charge is 2.02. The molecule has 0 radical (unpaired) electrons. The lowest BCUT2D eigenvalue weighted by Crippen LogP contribution is -1.86. The Kier molecular flexibility index (Phi) is 3.15. The molecule has 1 aromatic rings. The molecule has 74 valence electrons. The number of rotatable bonds is 2. The molecule has 0 spiro atoms. The van der Waals surface area contributed by atoms with E-state index in [2.05, 4.69) is 16.1 Å². The Morgan fingerprint density at radius 2 is 2.13 bits per heavy atom. The molecule has 0 aliphatic carbocycles. The van der Waals surface area contributed by atoms with Crippen LogP contribution in [0.4, 0.5) is 0 Å². The highest BCUT2D eigenvalue weighted by molar-refractivity contribution is 8.13. The molecule has 1 heterocycles. The van der Waals surface area contributed by atoms with Crippen molar-refractivity contribution in [1.29, 1.82) is 5.26 Å². The first kappa shape index (κ1) is 9.94. The van der Waals surface area contributed by atoms with Gasteiger partial charge >= 0.3 is 0 Å². The van der Waals surface area contributed by atoms with Crippen molar-refractivity contribution >= 4 is 23.1 Å². The van der Waals surface area contributed by atoms with Crippen LogP contribution in [0.5, 0.6) is 0 Å². The van der Waals surface area contributed by atoms with Gasteiger partial charge in [-0.2, -0.15) is 5.26 Å². The van der Waals surface area contributed by atoms with E-state index in [1.54, 1.807) is 18.0 Å². The minimum absolute atomic E-state index is 0.694. The first-order valence-corrected chi connectivity index (χ1v) is 5.56. The maximum absolute atomic E-state index is 8.64. The maximum atomic E-state index is 8.64. The smallest absolute Gasteiger partial charge is 0.183 e. The second-order valence-corrected chi connectivity index (χ2v) is 3.97. The molecule has 15 heavy (non-hydrogen) atoms. The zero-order chi connectivity index (χ0) is 10.5. The van der Waals surface area contributed by atoms with Crippen LogP contribution in [-0.4, -0.2) is 17.9 Å². The quantitative estimate of drug-likeness (QED) is 0.759. The Bertz CT molecular complexity index is 440. The largest absolute Gasteiger partial charge is 0.255 e. The molecular formula is C11H9N3S. The van der Waals surface area contributed by atoms with E-state index in [0.717, 1.165) is 10.9 Å². The van der Waals surface area contributed by atoms with Crippen molar-refractivity contribution in [2.24, 2.45) is 9.98 Å². The van der Waals surface area contributed by atoms with Crippen LogP contribution in [-0.2, 0) is 5.75 Å². The van der Waals surface area contributed by atoms with Gasteiger partial charge in [0.1, 0.15) is 0 Å². The highest BCUT2D eigenvalue weighted by atomic mass is 32.2. The summed E-state index contributed by atoms with van der Waals surface area (Å²) >= 11 is 1.62. The van der Waals surface area contributed by atoms with Crippen molar-refractivity contribution in [3.63, 3.8) is 0 Å². The standard InChI is InChI=1S/C11H9N3S/c12-7-9-1-3-10(4-2-9)8-15-11-13-5-6-14-11/h1-5H,6,8H2. The van der Waals surface area contributed by atoms with Gasteiger partial charge in [-0.05, 0) is 17.7 Å². The molecule has 0 atom stereocenters. The number of thioether (sulfide) groups is 1. The van der Waals surface area contributed by atoms with Gasteiger partial charge in [-0.1, -0.05) is 23.9 Å². The van der Waals surface area contributed by atoms with Crippen molar-refractivity contribution < 1.29 is 0 Å². The third-order valence-electron chi connectivity index (χ3n) is 1.96. The lowest BCUT2D eigenvalue weighted by atomic mass is 10.2. The van der Waals surface area contributed by atoms with Crippen molar-refractivity contribution in [3.05, 3.63) is 35.4 Å². The first-order chi connectivity index (χ1) is 7.38. The molecule has 0 fully saturated rings. The molecule has 1 aliphatic heterocycles. The number of nitrogens with zero attached hydrogens (tertiary/aromatic N) is 3. The van der Waals surface area contributed by atoms with Gasteiger partial charge < -0.3 is 0 Å². The average molecular weight is 215 g/mol. The molecule has 0 aromatic heterocycles. The van der Waals surface area contributed by atoms with E-state index in [4.69, 9.17) is 5.26 Å². The van der Waals surface area contributed by atoms with Gasteiger partial charge in [-0.25, -0.2) is 4.99 Å². The fourth-order valence-electron chi connectivity index (χ4n) is 1.18. The average Bonchev–Trinajstić information content (AvgIpc) is 2.80. The van der Waals surface area contributed by atoms with E-state index in [0.29, 0.717) is 12.1 Å². The molecule has 3 nitrogen and oxygen atoms in total. The molecule has 1 aliphatic rings. The van der Waals surface area contributed by atoms with Gasteiger partial charge in [0.15, 0.2) is 5.17 Å². The molecule has 0 unspecified atom stereocenters. The van der Waals surface area contributed by atoms with E-state index >= 15 is 0 Å². The van der Waals surface area contributed by atoms with Crippen LogP contribution in [0.25, 0.3) is 0 Å². The lowest BCUT2D eigenvalue weighted by Gasteiger charge is -1.99. The summed E-state index contributed by atoms with van der Waals surface area (Å²) in [4.78, 5) is 8.31. The molecule has 4 heteroatoms. The SMILES string of the molecule is N#Cc1ccc(CSC2=NCC=N2)cc1. The Labute approximate surface area is 92.6 Å². The molecule has 1 aromatic carbocycles. The zero-order valence-electron chi connectivity index (χ0n) is 8.05. The lowest BCUT2D eigenvalue weighted by molar-refractivity contribution is 1.37. The van der Waals surface area contributed by atoms with Gasteiger partial charge in [0.05, 0.1) is 18.2 Å². The summed E-state index contributed by atoms with van der Waals surface area (Å²) in [5.41, 5.74) is 1.88. The van der Waals surface area contributed by atoms with E-state index in [1.807, 2.05) is 24.3 Å². The fraction of sp³-hybridized carbons (Fsp3) is 0.182. The van der Waals surface area contributed by atoms with Crippen molar-refractivity contribution in [2.75, 3.05) is 6.54 Å². The minimum Gasteiger partial charge on any atom is -0.255 e. The summed E-state index contributed by atoms with van der Waals surface area (Å²) in [6.45, 7) is 0.704. The van der Waals surface area contributed by atoms with Crippen LogP contribution in [0.3, 0.4) is 0 Å². The molecule has 0 amide bonds. The summed E-state index contributed by atoms with van der Waals surface area (Å²) in [5, 5.41) is 9.48. The number of hydrogen-bond donors (Lipinski definition) is 0. The number of nitriles is 1. The van der Waals surface area contributed by atoms with Crippen LogP contribution in [0.1, 0.15) is 11.1 Å². The van der Waals surface area contributed by atoms with Crippen molar-refractivity contribution in [2.45, 2.75) is 5.75 Å². The van der Waals surface area contributed by atoms with Crippen molar-refractivity contribution in [3.8, 4) is 6.07 Å². The topological polar surface area (TPSA) is 48.5 Å². The van der Waals surface area contributed by atoms with Gasteiger partial charge in [0.2, 0.25) is 0 Å². The Balaban J connectivity index is 1.94. The molecule has 2 rings (SSSR count). The van der Waals surface area contributed by atoms with Gasteiger partial charge in [-0.3, -0.25) is 4.99 Å². The second-order valence-electron chi connectivity index (χ2n) is 3.03. The van der Waals surface area contributed by atoms with E-state index in [9.17, 15) is 0 Å². The Morgan fingerprint density at radius 3 is 2.73 bits per heavy atom. The molecule has 0 N–H and O–H groups in total. The van der Waals surface area contributed by atoms with Crippen LogP contribution >= 0.6 is 11.8 Å². The maximum Gasteiger partial charge on any atom is 0.183 e. The molecule has 0 saturated carbocycles. The summed E-state index contributed by atoms with van der Waals surface area (Å²) in [7, 11) is 0. The van der Waals surface area contributed by atoms with E-state index in [-0.39, 0.29) is 0 Å². The first-order valence-electron chi connectivity index (χ1n) is 4.57. The van der Waals surface area contributed by atoms with Crippen LogP contribution < -0.4 is 0 Å². The fourth-order valence-corrected chi connectivity index (χ4v) is 1.99. The predicted molar refractivity (Wildman–Crippen MR) is 63.2 cm³/mol. The zero-order valence-corrected chi connectivity index (χ0v) is 8.87. The summed E-state index contributed by atoms with van der Waals surface area (Å²) in [5.74, 6) is 0.849. The van der Waals surface area contributed by atoms with Gasteiger partial charge in [0, 0.05) is 12.0 Å². The van der Waals surface area contributed by atoms with Crippen molar-refractivity contribution in [1.82, 2.24) is 0 Å². The van der Waals surface area contributed by atoms with Crippen LogP contribution in [0.15, 0.2) is 34.3 Å². The highest BCUT2D eigenvalue weighted by Crippen LogP contribution is 2.16. The molecule has 0 bridgehead atoms. The van der Waals surface area contributed by atoms with Crippen LogP contribution in [0, 0.1) is 11.3 Å². The summed E-state index contributed by atoms with van der Waals surface area (Å²) in [6, 6.07) is 9.68. The summed E-state index contributed by atoms with van der Waals surface area (Å²) in [6.07, 6.45) is 1.81. The molecular weight excluding hydrogens is 206 g/mol. The number of hydrogen-bond acceptors (Lipinski definition) is 4. The number of aliphatic imine (C=N–C) groups is 2. The second kappa shape index (κ2) is 4.76. The predicted octanol–water partition coefficient (Wildman–Crippen LogP) is 2.23. The Hall–Kier alpha value is -1.60. The van der Waals surface area contributed by atoms with Crippen LogP contribution in [0.2, 0.25) is 0 Å². The van der Waals surface area contributed by atoms with E-state index in [1.165, 1.54) is 5.56 Å². The van der Waals surface area contributed by atoms with E-state index < -0.39 is 0 Å². The summed E-state index contributed by atoms with van der Waals surface area (Å²) < 4.78 is 0. The van der Waals surface area contributed by atoms with Gasteiger partial charge in [-0.15, -0.1) is 0 Å². The molecule has 0 saturated heterocycles. The third-order valence-corrected chi connectivity index (χ3v) is 2.93. The van der Waals surface area contributed by atoms with Gasteiger partial charge in [0.25, 0.3) is 0 Å². The Morgan fingerprint density at radius 1 is 1.33 bits per heavy atom. The number of amidine groups is 1. The normalized spacial score (nSPS) is 13.7. The third kappa shape index (κ3) is 2.67. The minimum atomic E-state index is 0.694. The monoisotopic (exact) mass is 215 g/mol. The number of benzene rings is 1.